The lowest BCUT2D eigenvalue weighted by molar-refractivity contribution is -0.144. The van der Waals surface area contributed by atoms with Gasteiger partial charge in [0.2, 0.25) is 0 Å². The molecule has 1 heterocycles. The van der Waals surface area contributed by atoms with Crippen LogP contribution in [0.4, 0.5) is 4.39 Å². The minimum atomic E-state index is -0.912. The minimum absolute atomic E-state index is 0.0304. The molecule has 0 radical (unpaired) electrons. The number of aliphatic hydroxyl groups is 1. The zero-order valence-corrected chi connectivity index (χ0v) is 8.66. The second kappa shape index (κ2) is 4.31. The molecular formula is C11H16FNO2. The minimum Gasteiger partial charge on any atom is -0.383 e. The number of aliphatic hydroxyl groups excluding tert-OH is 1. The van der Waals surface area contributed by atoms with E-state index in [2.05, 4.69) is 0 Å². The highest BCUT2D eigenvalue weighted by Gasteiger charge is 2.34. The maximum absolute atomic E-state index is 12.9. The van der Waals surface area contributed by atoms with Crippen molar-refractivity contribution in [3.05, 3.63) is 11.9 Å². The Morgan fingerprint density at radius 2 is 2.33 bits per heavy atom. The summed E-state index contributed by atoms with van der Waals surface area (Å²) in [5.74, 6) is -0.468. The molecular weight excluding hydrogens is 197 g/mol. The van der Waals surface area contributed by atoms with Crippen molar-refractivity contribution in [3.63, 3.8) is 0 Å². The van der Waals surface area contributed by atoms with Crippen LogP contribution in [0, 0.1) is 5.92 Å². The lowest BCUT2D eigenvalue weighted by Crippen LogP contribution is -2.46. The molecule has 0 saturated heterocycles. The van der Waals surface area contributed by atoms with Crippen LogP contribution in [0.5, 0.6) is 0 Å². The van der Waals surface area contributed by atoms with Gasteiger partial charge in [-0.25, -0.2) is 4.39 Å². The van der Waals surface area contributed by atoms with Crippen LogP contribution in [0.2, 0.25) is 0 Å². The van der Waals surface area contributed by atoms with E-state index >= 15 is 0 Å². The van der Waals surface area contributed by atoms with Crippen molar-refractivity contribution in [2.75, 3.05) is 13.1 Å². The quantitative estimate of drug-likeness (QED) is 0.749. The Kier molecular flexibility index (Phi) is 3.05. The van der Waals surface area contributed by atoms with E-state index in [9.17, 15) is 14.3 Å². The number of carbonyl (C=O) groups excluding carboxylic acids is 1. The third kappa shape index (κ3) is 2.20. The Bertz CT molecular complexity index is 286. The largest absolute Gasteiger partial charge is 0.383 e. The number of rotatable bonds is 2. The van der Waals surface area contributed by atoms with Crippen molar-refractivity contribution in [2.24, 2.45) is 5.92 Å². The number of nitrogens with zero attached hydrogens (tertiary/aromatic N) is 1. The van der Waals surface area contributed by atoms with Gasteiger partial charge < -0.3 is 10.0 Å². The lowest BCUT2D eigenvalue weighted by atomic mass is 9.80. The zero-order valence-electron chi connectivity index (χ0n) is 8.66. The van der Waals surface area contributed by atoms with Crippen molar-refractivity contribution < 1.29 is 14.3 Å². The van der Waals surface area contributed by atoms with Gasteiger partial charge in [-0.15, -0.1) is 0 Å². The summed E-state index contributed by atoms with van der Waals surface area (Å²) in [6, 6.07) is 0. The molecule has 0 aromatic carbocycles. The first-order valence-corrected chi connectivity index (χ1v) is 5.50. The normalized spacial score (nSPS) is 24.4. The molecule has 1 aliphatic heterocycles. The predicted molar refractivity (Wildman–Crippen MR) is 53.7 cm³/mol. The molecule has 1 amide bonds. The van der Waals surface area contributed by atoms with Gasteiger partial charge in [-0.2, -0.15) is 0 Å². The van der Waals surface area contributed by atoms with E-state index in [1.165, 1.54) is 11.0 Å². The van der Waals surface area contributed by atoms with Crippen LogP contribution in [-0.2, 0) is 4.79 Å². The van der Waals surface area contributed by atoms with Crippen LogP contribution in [0.25, 0.3) is 0 Å². The van der Waals surface area contributed by atoms with Crippen LogP contribution < -0.4 is 0 Å². The molecule has 3 nitrogen and oxygen atoms in total. The Balaban J connectivity index is 1.92. The van der Waals surface area contributed by atoms with Crippen LogP contribution in [0.15, 0.2) is 11.9 Å². The van der Waals surface area contributed by atoms with Gasteiger partial charge in [0.05, 0.1) is 6.54 Å². The van der Waals surface area contributed by atoms with Gasteiger partial charge in [0.15, 0.2) is 0 Å². The summed E-state index contributed by atoms with van der Waals surface area (Å²) in [6.07, 6.45) is 4.06. The standard InChI is InChI=1S/C11H16FNO2/c12-9-5-2-6-13(7-9)11(15)10(14)8-3-1-4-8/h5,8,10,14H,1-4,6-7H2. The Morgan fingerprint density at radius 1 is 1.60 bits per heavy atom. The SMILES string of the molecule is O=C(C(O)C1CCC1)N1CCC=C(F)C1. The molecule has 1 unspecified atom stereocenters. The van der Waals surface area contributed by atoms with Gasteiger partial charge in [-0.3, -0.25) is 4.79 Å². The first kappa shape index (κ1) is 10.6. The molecule has 0 bridgehead atoms. The van der Waals surface area contributed by atoms with Crippen molar-refractivity contribution in [1.82, 2.24) is 4.90 Å². The van der Waals surface area contributed by atoms with E-state index < -0.39 is 6.10 Å². The van der Waals surface area contributed by atoms with Gasteiger partial charge >= 0.3 is 0 Å². The summed E-state index contributed by atoms with van der Waals surface area (Å²) < 4.78 is 12.9. The molecule has 0 aromatic rings. The highest BCUT2D eigenvalue weighted by molar-refractivity contribution is 5.81. The van der Waals surface area contributed by atoms with Gasteiger partial charge in [0, 0.05) is 6.54 Å². The molecule has 15 heavy (non-hydrogen) atoms. The van der Waals surface area contributed by atoms with Crippen molar-refractivity contribution >= 4 is 5.91 Å². The van der Waals surface area contributed by atoms with E-state index in [1.807, 2.05) is 0 Å². The highest BCUT2D eigenvalue weighted by Crippen LogP contribution is 2.30. The molecule has 4 heteroatoms. The first-order chi connectivity index (χ1) is 7.18. The fraction of sp³-hybridized carbons (Fsp3) is 0.727. The van der Waals surface area contributed by atoms with Crippen LogP contribution in [-0.4, -0.2) is 35.1 Å². The van der Waals surface area contributed by atoms with E-state index in [0.29, 0.717) is 13.0 Å². The van der Waals surface area contributed by atoms with E-state index in [-0.39, 0.29) is 24.2 Å². The Labute approximate surface area is 88.6 Å². The second-order valence-corrected chi connectivity index (χ2v) is 4.34. The van der Waals surface area contributed by atoms with Gasteiger partial charge in [0.1, 0.15) is 11.9 Å². The number of hydrogen-bond acceptors (Lipinski definition) is 2. The third-order valence-electron chi connectivity index (χ3n) is 3.27. The molecule has 1 saturated carbocycles. The lowest BCUT2D eigenvalue weighted by Gasteiger charge is -2.33. The summed E-state index contributed by atoms with van der Waals surface area (Å²) in [4.78, 5) is 13.2. The maximum atomic E-state index is 12.9. The fourth-order valence-electron chi connectivity index (χ4n) is 2.04. The van der Waals surface area contributed by atoms with Crippen LogP contribution in [0.3, 0.4) is 0 Å². The summed E-state index contributed by atoms with van der Waals surface area (Å²) in [5, 5.41) is 9.74. The summed E-state index contributed by atoms with van der Waals surface area (Å²) in [6.45, 7) is 0.554. The maximum Gasteiger partial charge on any atom is 0.252 e. The zero-order chi connectivity index (χ0) is 10.8. The number of amides is 1. The molecule has 2 aliphatic rings. The van der Waals surface area contributed by atoms with Crippen molar-refractivity contribution in [3.8, 4) is 0 Å². The van der Waals surface area contributed by atoms with Gasteiger partial charge in [-0.1, -0.05) is 6.42 Å². The molecule has 1 aliphatic carbocycles. The molecule has 1 N–H and O–H groups in total. The molecule has 2 rings (SSSR count). The fourth-order valence-corrected chi connectivity index (χ4v) is 2.04. The van der Waals surface area contributed by atoms with Gasteiger partial charge in [-0.05, 0) is 31.3 Å². The second-order valence-electron chi connectivity index (χ2n) is 4.34. The number of halogens is 1. The molecule has 84 valence electrons. The molecule has 0 spiro atoms. The average molecular weight is 213 g/mol. The van der Waals surface area contributed by atoms with Gasteiger partial charge in [0.25, 0.3) is 5.91 Å². The summed E-state index contributed by atoms with van der Waals surface area (Å²) >= 11 is 0. The van der Waals surface area contributed by atoms with E-state index in [0.717, 1.165) is 19.3 Å². The topological polar surface area (TPSA) is 40.5 Å². The average Bonchev–Trinajstić information content (AvgIpc) is 2.14. The molecule has 1 atom stereocenters. The van der Waals surface area contributed by atoms with Crippen LogP contribution >= 0.6 is 0 Å². The summed E-state index contributed by atoms with van der Waals surface area (Å²) in [5.41, 5.74) is 0. The first-order valence-electron chi connectivity index (χ1n) is 5.50. The van der Waals surface area contributed by atoms with E-state index in [1.54, 1.807) is 0 Å². The Morgan fingerprint density at radius 3 is 2.87 bits per heavy atom. The third-order valence-corrected chi connectivity index (χ3v) is 3.27. The van der Waals surface area contributed by atoms with Crippen molar-refractivity contribution in [2.45, 2.75) is 31.8 Å². The highest BCUT2D eigenvalue weighted by atomic mass is 19.1. The monoisotopic (exact) mass is 213 g/mol. The molecule has 0 aromatic heterocycles. The molecule has 1 fully saturated rings. The summed E-state index contributed by atoms with van der Waals surface area (Å²) in [7, 11) is 0. The van der Waals surface area contributed by atoms with E-state index in [4.69, 9.17) is 0 Å². The Hall–Kier alpha value is -0.900. The number of hydrogen-bond donors (Lipinski definition) is 1. The van der Waals surface area contributed by atoms with Crippen LogP contribution in [0.1, 0.15) is 25.7 Å². The smallest absolute Gasteiger partial charge is 0.252 e. The predicted octanol–water partition coefficient (Wildman–Crippen LogP) is 1.23. The van der Waals surface area contributed by atoms with Crippen molar-refractivity contribution in [1.29, 1.82) is 0 Å². The number of carbonyl (C=O) groups is 1.